The maximum Gasteiger partial charge on any atom is 0.413 e. The van der Waals surface area contributed by atoms with Crippen LogP contribution in [0.15, 0.2) is 71.8 Å². The van der Waals surface area contributed by atoms with E-state index in [-0.39, 0.29) is 65.9 Å². The van der Waals surface area contributed by atoms with E-state index >= 15 is 4.39 Å². The van der Waals surface area contributed by atoms with Crippen molar-refractivity contribution in [3.05, 3.63) is 99.6 Å². The Balaban J connectivity index is 1.70. The summed E-state index contributed by atoms with van der Waals surface area (Å²) in [5, 5.41) is 3.02. The molecule has 21 heteroatoms. The van der Waals surface area contributed by atoms with Gasteiger partial charge in [-0.3, -0.25) is 28.6 Å². The molecular formula is C38H45ClF2N4O12P2. The zero-order chi connectivity index (χ0) is 43.5. The van der Waals surface area contributed by atoms with Crippen LogP contribution >= 0.6 is 26.8 Å². The standard InChI is InChI=1S/C38H45ClF2N4O12P2/c1-8-52-58(49,53-9-2)31(59(50,54-10-3)55-11-4)23-51-29-19-21-45(26-15-12-24(40)13-16-26)36(47)32(29)35(46)43-25-14-17-28(27(41)22-25)56-30-18-20-42-34(33(30)39)44-37(48)57-38(5,6)7/h12-22,31H,8-11,23H2,1-7H3,(H,43,46)(H,42,44,48). The first-order valence-corrected chi connectivity index (χ1v) is 21.8. The van der Waals surface area contributed by atoms with Crippen LogP contribution in [0, 0.1) is 11.6 Å². The number of hydrogen-bond acceptors (Lipinski definition) is 13. The molecule has 16 nitrogen and oxygen atoms in total. The summed E-state index contributed by atoms with van der Waals surface area (Å²) in [6.07, 6.45) is 1.68. The van der Waals surface area contributed by atoms with E-state index in [0.717, 1.165) is 22.8 Å². The van der Waals surface area contributed by atoms with Crippen molar-refractivity contribution in [2.24, 2.45) is 0 Å². The van der Waals surface area contributed by atoms with Crippen molar-refractivity contribution in [3.63, 3.8) is 0 Å². The molecule has 2 aromatic heterocycles. The first kappa shape index (κ1) is 47.0. The summed E-state index contributed by atoms with van der Waals surface area (Å²) in [6.45, 7) is 9.99. The molecule has 2 amide bonds. The zero-order valence-corrected chi connectivity index (χ0v) is 35.8. The molecule has 0 aliphatic carbocycles. The Morgan fingerprint density at radius 1 is 0.831 bits per heavy atom. The van der Waals surface area contributed by atoms with Gasteiger partial charge in [0.1, 0.15) is 34.4 Å². The van der Waals surface area contributed by atoms with Gasteiger partial charge in [0.05, 0.1) is 26.4 Å². The van der Waals surface area contributed by atoms with Crippen molar-refractivity contribution >= 4 is 50.3 Å². The lowest BCUT2D eigenvalue weighted by atomic mass is 10.2. The Morgan fingerprint density at radius 3 is 1.97 bits per heavy atom. The molecule has 0 fully saturated rings. The molecule has 2 aromatic carbocycles. The average molecular weight is 885 g/mol. The smallest absolute Gasteiger partial charge is 0.413 e. The van der Waals surface area contributed by atoms with Gasteiger partial charge in [-0.05, 0) is 90.9 Å². The highest BCUT2D eigenvalue weighted by Crippen LogP contribution is 2.70. The number of aromatic nitrogens is 2. The summed E-state index contributed by atoms with van der Waals surface area (Å²) in [6, 6.07) is 10.7. The van der Waals surface area contributed by atoms with Crippen LogP contribution in [0.2, 0.25) is 5.02 Å². The molecule has 59 heavy (non-hydrogen) atoms. The summed E-state index contributed by atoms with van der Waals surface area (Å²) in [4.78, 5) is 44.3. The number of halogens is 3. The van der Waals surface area contributed by atoms with E-state index in [1.165, 1.54) is 48.8 Å². The van der Waals surface area contributed by atoms with Crippen molar-refractivity contribution in [2.75, 3.05) is 43.7 Å². The zero-order valence-electron chi connectivity index (χ0n) is 33.3. The van der Waals surface area contributed by atoms with Gasteiger partial charge in [0.25, 0.3) is 11.5 Å². The number of nitrogens with zero attached hydrogens (tertiary/aromatic N) is 2. The molecule has 0 aliphatic heterocycles. The molecule has 0 saturated heterocycles. The lowest BCUT2D eigenvalue weighted by molar-refractivity contribution is 0.0635. The highest BCUT2D eigenvalue weighted by atomic mass is 35.5. The molecule has 320 valence electrons. The summed E-state index contributed by atoms with van der Waals surface area (Å²) in [5.41, 5.74) is -2.35. The molecule has 0 spiro atoms. The predicted octanol–water partition coefficient (Wildman–Crippen LogP) is 9.79. The van der Waals surface area contributed by atoms with Crippen LogP contribution in [0.4, 0.5) is 25.1 Å². The van der Waals surface area contributed by atoms with Crippen molar-refractivity contribution < 1.29 is 59.8 Å². The van der Waals surface area contributed by atoms with Crippen LogP contribution in [-0.2, 0) is 32.0 Å². The van der Waals surface area contributed by atoms with Gasteiger partial charge in [0, 0.05) is 35.9 Å². The second-order valence-electron chi connectivity index (χ2n) is 13.0. The molecule has 2 heterocycles. The lowest BCUT2D eigenvalue weighted by Crippen LogP contribution is -2.30. The normalized spacial score (nSPS) is 12.0. The third-order valence-corrected chi connectivity index (χ3v) is 13.9. The summed E-state index contributed by atoms with van der Waals surface area (Å²) < 4.78 is 97.4. The van der Waals surface area contributed by atoms with E-state index in [9.17, 15) is 27.9 Å². The Morgan fingerprint density at radius 2 is 1.42 bits per heavy atom. The van der Waals surface area contributed by atoms with Crippen LogP contribution in [0.5, 0.6) is 17.2 Å². The van der Waals surface area contributed by atoms with Gasteiger partial charge < -0.3 is 37.6 Å². The third-order valence-electron chi connectivity index (χ3n) is 7.62. The van der Waals surface area contributed by atoms with Crippen LogP contribution in [0.25, 0.3) is 5.69 Å². The van der Waals surface area contributed by atoms with E-state index < -0.39 is 67.6 Å². The number of carbonyl (C=O) groups is 2. The van der Waals surface area contributed by atoms with Gasteiger partial charge in [-0.1, -0.05) is 11.6 Å². The van der Waals surface area contributed by atoms with Gasteiger partial charge >= 0.3 is 21.3 Å². The molecule has 0 saturated carbocycles. The topological polar surface area (TPSA) is 192 Å². The number of carbonyl (C=O) groups excluding carboxylic acids is 2. The van der Waals surface area contributed by atoms with Crippen molar-refractivity contribution in [1.82, 2.24) is 9.55 Å². The number of ether oxygens (including phenoxy) is 3. The predicted molar refractivity (Wildman–Crippen MR) is 217 cm³/mol. The molecular weight excluding hydrogens is 840 g/mol. The molecule has 4 rings (SSSR count). The third kappa shape index (κ3) is 12.2. The molecule has 0 aliphatic rings. The van der Waals surface area contributed by atoms with E-state index in [1.54, 1.807) is 48.5 Å². The quantitative estimate of drug-likeness (QED) is 0.0847. The summed E-state index contributed by atoms with van der Waals surface area (Å²) >= 11 is 6.39. The summed E-state index contributed by atoms with van der Waals surface area (Å²) in [7, 11) is -8.64. The minimum absolute atomic E-state index is 0.0782. The Bertz CT molecular complexity index is 2220. The first-order valence-electron chi connectivity index (χ1n) is 18.2. The SMILES string of the molecule is CCOP(=O)(OCC)C(COc1ccn(-c2ccc(F)cc2)c(=O)c1C(=O)Nc1ccc(Oc2ccnc(NC(=O)OC(C)(C)C)c2Cl)c(F)c1)P(=O)(OCC)OCC. The van der Waals surface area contributed by atoms with Gasteiger partial charge in [-0.25, -0.2) is 18.6 Å². The van der Waals surface area contributed by atoms with Crippen LogP contribution in [0.1, 0.15) is 58.8 Å². The van der Waals surface area contributed by atoms with Gasteiger partial charge in [-0.15, -0.1) is 0 Å². The van der Waals surface area contributed by atoms with Gasteiger partial charge in [0.2, 0.25) is 0 Å². The van der Waals surface area contributed by atoms with Crippen molar-refractivity contribution in [3.8, 4) is 22.9 Å². The highest BCUT2D eigenvalue weighted by Gasteiger charge is 2.51. The van der Waals surface area contributed by atoms with Crippen LogP contribution in [-0.4, -0.2) is 65.6 Å². The van der Waals surface area contributed by atoms with Gasteiger partial charge in [-0.2, -0.15) is 0 Å². The maximum atomic E-state index is 15.5. The Labute approximate surface area is 344 Å². The van der Waals surface area contributed by atoms with Crippen LogP contribution < -0.4 is 25.7 Å². The van der Waals surface area contributed by atoms with Crippen molar-refractivity contribution in [2.45, 2.75) is 59.5 Å². The lowest BCUT2D eigenvalue weighted by Gasteiger charge is -2.31. The number of anilines is 2. The fourth-order valence-corrected chi connectivity index (χ4v) is 10.5. The Kier molecular flexibility index (Phi) is 16.4. The number of hydrogen-bond donors (Lipinski definition) is 2. The average Bonchev–Trinajstić information content (AvgIpc) is 3.14. The minimum atomic E-state index is -4.32. The molecule has 4 aromatic rings. The van der Waals surface area contributed by atoms with E-state index in [1.807, 2.05) is 0 Å². The number of nitrogens with one attached hydrogen (secondary N) is 2. The molecule has 0 unspecified atom stereocenters. The minimum Gasteiger partial charge on any atom is -0.491 e. The summed E-state index contributed by atoms with van der Waals surface area (Å²) in [5.74, 6) is -3.54. The molecule has 0 bridgehead atoms. The van der Waals surface area contributed by atoms with Gasteiger partial charge in [0.15, 0.2) is 28.5 Å². The monoisotopic (exact) mass is 884 g/mol. The molecule has 2 N–H and O–H groups in total. The van der Waals surface area contributed by atoms with E-state index in [0.29, 0.717) is 0 Å². The number of benzene rings is 2. The largest absolute Gasteiger partial charge is 0.491 e. The fourth-order valence-electron chi connectivity index (χ4n) is 5.28. The van der Waals surface area contributed by atoms with E-state index in [2.05, 4.69) is 15.6 Å². The van der Waals surface area contributed by atoms with E-state index in [4.69, 9.17) is 43.9 Å². The van der Waals surface area contributed by atoms with Crippen LogP contribution in [0.3, 0.4) is 0 Å². The highest BCUT2D eigenvalue weighted by molar-refractivity contribution is 7.72. The Hall–Kier alpha value is -4.67. The second kappa shape index (κ2) is 20.5. The number of pyridine rings is 2. The maximum absolute atomic E-state index is 15.5. The molecule has 0 atom stereocenters. The number of amides is 2. The number of rotatable bonds is 19. The fraction of sp³-hybridized carbons (Fsp3) is 0.368. The molecule has 0 radical (unpaired) electrons. The second-order valence-corrected chi connectivity index (χ2v) is 18.3. The first-order chi connectivity index (χ1) is 27.9. The van der Waals surface area contributed by atoms with Crippen molar-refractivity contribution in [1.29, 1.82) is 0 Å².